The second-order valence-electron chi connectivity index (χ2n) is 8.95. The summed E-state index contributed by atoms with van der Waals surface area (Å²) in [5.41, 5.74) is 2.54. The van der Waals surface area contributed by atoms with E-state index in [0.29, 0.717) is 17.1 Å². The van der Waals surface area contributed by atoms with E-state index in [2.05, 4.69) is 0 Å². The van der Waals surface area contributed by atoms with Crippen molar-refractivity contribution in [3.63, 3.8) is 0 Å². The van der Waals surface area contributed by atoms with E-state index in [0.717, 1.165) is 11.3 Å². The number of ether oxygens (including phenoxy) is 3. The number of rotatable bonds is 8. The molecule has 1 N–H and O–H groups in total. The number of likely N-dealkylation sites (tertiary alicyclic amines) is 1. The quantitative estimate of drug-likeness (QED) is 0.245. The smallest absolute Gasteiger partial charge is 0.295 e. The molecule has 1 aliphatic rings. The molecule has 1 unspecified atom stereocenters. The monoisotopic (exact) mass is 536 g/mol. The van der Waals surface area contributed by atoms with Crippen molar-refractivity contribution in [1.29, 1.82) is 0 Å². The third kappa shape index (κ3) is 4.99. The minimum atomic E-state index is -0.848. The number of nitrogens with zero attached hydrogens (tertiary/aromatic N) is 2. The predicted octanol–water partition coefficient (Wildman–Crippen LogP) is 5.05. The van der Waals surface area contributed by atoms with Gasteiger partial charge in [-0.2, -0.15) is 0 Å². The van der Waals surface area contributed by atoms with Crippen molar-refractivity contribution in [3.8, 4) is 17.2 Å². The number of anilines is 1. The van der Waals surface area contributed by atoms with Gasteiger partial charge in [0.05, 0.1) is 43.5 Å². The average molecular weight is 537 g/mol. The largest absolute Gasteiger partial charge is 0.507 e. The van der Waals surface area contributed by atoms with E-state index in [9.17, 15) is 14.7 Å². The maximum Gasteiger partial charge on any atom is 0.295 e. The minimum absolute atomic E-state index is 0.0550. The summed E-state index contributed by atoms with van der Waals surface area (Å²) < 4.78 is 15.9. The third-order valence-electron chi connectivity index (χ3n) is 6.51. The number of amides is 1. The Bertz CT molecular complexity index is 1380. The van der Waals surface area contributed by atoms with Crippen LogP contribution >= 0.6 is 11.6 Å². The minimum Gasteiger partial charge on any atom is -0.507 e. The molecule has 0 radical (unpaired) electrons. The maximum atomic E-state index is 13.5. The molecule has 0 aromatic heterocycles. The van der Waals surface area contributed by atoms with E-state index < -0.39 is 17.7 Å². The van der Waals surface area contributed by atoms with Gasteiger partial charge in [0.15, 0.2) is 0 Å². The van der Waals surface area contributed by atoms with Crippen molar-refractivity contribution >= 4 is 34.7 Å². The summed E-state index contributed by atoms with van der Waals surface area (Å²) in [7, 11) is 8.31. The highest BCUT2D eigenvalue weighted by atomic mass is 35.5. The summed E-state index contributed by atoms with van der Waals surface area (Å²) in [5.74, 6) is -0.643. The fraction of sp³-hybridized carbons (Fsp3) is 0.241. The van der Waals surface area contributed by atoms with E-state index in [4.69, 9.17) is 25.8 Å². The van der Waals surface area contributed by atoms with Crippen LogP contribution in [0.3, 0.4) is 0 Å². The number of carbonyl (C=O) groups excluding carboxylic acids is 2. The lowest BCUT2D eigenvalue weighted by Crippen LogP contribution is -2.29. The average Bonchev–Trinajstić information content (AvgIpc) is 3.17. The molecule has 0 bridgehead atoms. The summed E-state index contributed by atoms with van der Waals surface area (Å²) in [4.78, 5) is 30.2. The second-order valence-corrected chi connectivity index (χ2v) is 9.36. The Morgan fingerprint density at radius 3 is 2.11 bits per heavy atom. The van der Waals surface area contributed by atoms with Crippen molar-refractivity contribution in [2.45, 2.75) is 12.6 Å². The fourth-order valence-electron chi connectivity index (χ4n) is 4.46. The molecule has 38 heavy (non-hydrogen) atoms. The van der Waals surface area contributed by atoms with Crippen LogP contribution < -0.4 is 19.1 Å². The van der Waals surface area contributed by atoms with Gasteiger partial charge < -0.3 is 29.1 Å². The highest BCUT2D eigenvalue weighted by Crippen LogP contribution is 2.43. The highest BCUT2D eigenvalue weighted by Gasteiger charge is 2.46. The molecular formula is C29H29ClN2O6. The van der Waals surface area contributed by atoms with Gasteiger partial charge in [-0.15, -0.1) is 0 Å². The first kappa shape index (κ1) is 26.9. The summed E-state index contributed by atoms with van der Waals surface area (Å²) in [6.07, 6.45) is 0. The summed E-state index contributed by atoms with van der Waals surface area (Å²) in [5, 5.41) is 11.7. The molecule has 1 heterocycles. The third-order valence-corrected chi connectivity index (χ3v) is 6.80. The van der Waals surface area contributed by atoms with Crippen molar-refractivity contribution in [1.82, 2.24) is 4.90 Å². The van der Waals surface area contributed by atoms with Crippen molar-refractivity contribution in [2.24, 2.45) is 0 Å². The van der Waals surface area contributed by atoms with E-state index in [1.807, 2.05) is 55.4 Å². The van der Waals surface area contributed by atoms with Gasteiger partial charge in [-0.05, 0) is 41.5 Å². The number of carbonyl (C=O) groups is 2. The molecule has 0 saturated carbocycles. The molecule has 1 aliphatic heterocycles. The van der Waals surface area contributed by atoms with Crippen LogP contribution in [0.2, 0.25) is 5.02 Å². The zero-order valence-electron chi connectivity index (χ0n) is 21.8. The Morgan fingerprint density at radius 1 is 0.921 bits per heavy atom. The summed E-state index contributed by atoms with van der Waals surface area (Å²) in [6.45, 7) is 0.145. The standard InChI is InChI=1S/C29H29ClN2O6/c1-31(2)19-10-8-18(9-11-19)26-25(27(33)21-14-22(30)24(38-5)15-23(21)37-4)28(34)29(35)32(26)16-17-6-12-20(36-3)13-7-17/h6-15,26,33H,16H2,1-5H3/b27-25+. The van der Waals surface area contributed by atoms with Gasteiger partial charge in [0.2, 0.25) is 0 Å². The van der Waals surface area contributed by atoms with Crippen LogP contribution in [0.25, 0.3) is 5.76 Å². The first-order valence-corrected chi connectivity index (χ1v) is 12.2. The molecule has 9 heteroatoms. The van der Waals surface area contributed by atoms with Crippen LogP contribution in [0.4, 0.5) is 5.69 Å². The molecule has 1 amide bonds. The van der Waals surface area contributed by atoms with E-state index in [1.165, 1.54) is 31.3 Å². The lowest BCUT2D eigenvalue weighted by molar-refractivity contribution is -0.140. The van der Waals surface area contributed by atoms with Crippen LogP contribution in [0.5, 0.6) is 17.2 Å². The normalized spacial score (nSPS) is 16.5. The van der Waals surface area contributed by atoms with Crippen LogP contribution in [-0.4, -0.2) is 57.1 Å². The molecule has 198 valence electrons. The van der Waals surface area contributed by atoms with Gasteiger partial charge in [0.25, 0.3) is 11.7 Å². The van der Waals surface area contributed by atoms with Crippen molar-refractivity contribution in [2.75, 3.05) is 40.3 Å². The molecule has 3 aromatic carbocycles. The predicted molar refractivity (Wildman–Crippen MR) is 146 cm³/mol. The number of benzene rings is 3. The van der Waals surface area contributed by atoms with Crippen LogP contribution in [0.1, 0.15) is 22.7 Å². The van der Waals surface area contributed by atoms with E-state index in [-0.39, 0.29) is 34.2 Å². The number of hydrogen-bond acceptors (Lipinski definition) is 7. The lowest BCUT2D eigenvalue weighted by atomic mass is 9.94. The van der Waals surface area contributed by atoms with Gasteiger partial charge in [-0.3, -0.25) is 9.59 Å². The zero-order chi connectivity index (χ0) is 27.6. The van der Waals surface area contributed by atoms with Crippen LogP contribution in [0, 0.1) is 0 Å². The van der Waals surface area contributed by atoms with Crippen molar-refractivity contribution < 1.29 is 28.9 Å². The van der Waals surface area contributed by atoms with Gasteiger partial charge in [0, 0.05) is 32.4 Å². The van der Waals surface area contributed by atoms with Crippen LogP contribution in [-0.2, 0) is 16.1 Å². The number of aliphatic hydroxyl groups excluding tert-OH is 1. The molecule has 0 aliphatic carbocycles. The number of ketones is 1. The van der Waals surface area contributed by atoms with Gasteiger partial charge in [-0.25, -0.2) is 0 Å². The van der Waals surface area contributed by atoms with Crippen LogP contribution in [0.15, 0.2) is 66.2 Å². The Hall–Kier alpha value is -4.17. The first-order valence-electron chi connectivity index (χ1n) is 11.8. The fourth-order valence-corrected chi connectivity index (χ4v) is 4.70. The number of methoxy groups -OCH3 is 3. The molecule has 1 atom stereocenters. The zero-order valence-corrected chi connectivity index (χ0v) is 22.6. The molecule has 8 nitrogen and oxygen atoms in total. The topological polar surface area (TPSA) is 88.5 Å². The molecule has 4 rings (SSSR count). The molecule has 1 fully saturated rings. The van der Waals surface area contributed by atoms with E-state index >= 15 is 0 Å². The number of aliphatic hydroxyl groups is 1. The van der Waals surface area contributed by atoms with Crippen molar-refractivity contribution in [3.05, 3.63) is 87.9 Å². The highest BCUT2D eigenvalue weighted by molar-refractivity contribution is 6.46. The Morgan fingerprint density at radius 2 is 1.55 bits per heavy atom. The number of halogens is 1. The molecule has 0 spiro atoms. The Labute approximate surface area is 226 Å². The first-order chi connectivity index (χ1) is 18.2. The Kier molecular flexibility index (Phi) is 7.83. The summed E-state index contributed by atoms with van der Waals surface area (Å²) >= 11 is 6.34. The maximum absolute atomic E-state index is 13.5. The SMILES string of the molecule is COc1ccc(CN2C(=O)C(=O)/C(=C(/O)c3cc(Cl)c(OC)cc3OC)C2c2ccc(N(C)C)cc2)cc1. The van der Waals surface area contributed by atoms with Gasteiger partial charge >= 0.3 is 0 Å². The lowest BCUT2D eigenvalue weighted by Gasteiger charge is -2.26. The number of Topliss-reactive ketones (excluding diaryl/α,β-unsaturated/α-hetero) is 1. The van der Waals surface area contributed by atoms with Gasteiger partial charge in [0.1, 0.15) is 23.0 Å². The molecule has 3 aromatic rings. The summed E-state index contributed by atoms with van der Waals surface area (Å²) in [6, 6.07) is 16.8. The molecular weight excluding hydrogens is 508 g/mol. The van der Waals surface area contributed by atoms with Gasteiger partial charge in [-0.1, -0.05) is 35.9 Å². The Balaban J connectivity index is 1.88. The molecule has 1 saturated heterocycles. The number of hydrogen-bond donors (Lipinski definition) is 1. The second kappa shape index (κ2) is 11.1. The van der Waals surface area contributed by atoms with E-state index in [1.54, 1.807) is 19.2 Å².